The van der Waals surface area contributed by atoms with Gasteiger partial charge < -0.3 is 0 Å². The maximum atomic E-state index is 2.36. The molecule has 0 aromatic carbocycles. The number of unbranched alkanes of at least 4 members (excludes halogenated alkanes) is 2. The molecule has 90 valence electrons. The van der Waals surface area contributed by atoms with Gasteiger partial charge in [-0.05, 0) is 0 Å². The summed E-state index contributed by atoms with van der Waals surface area (Å²) in [6.07, 6.45) is 12.1. The highest BCUT2D eigenvalue weighted by Gasteiger charge is 2.31. The molecule has 0 amide bonds. The maximum Gasteiger partial charge on any atom is 0.0535 e. The summed E-state index contributed by atoms with van der Waals surface area (Å²) in [6, 6.07) is 6.66. The highest BCUT2D eigenvalue weighted by atomic mass is 28.3. The van der Waals surface area contributed by atoms with Crippen LogP contribution < -0.4 is 0 Å². The molecule has 1 aliphatic rings. The lowest BCUT2D eigenvalue weighted by Crippen LogP contribution is -2.32. The van der Waals surface area contributed by atoms with Gasteiger partial charge in [-0.15, -0.1) is 0 Å². The summed E-state index contributed by atoms with van der Waals surface area (Å²) < 4.78 is 0. The van der Waals surface area contributed by atoms with Crippen molar-refractivity contribution in [2.75, 3.05) is 0 Å². The zero-order chi connectivity index (χ0) is 11.0. The van der Waals surface area contributed by atoms with Crippen molar-refractivity contribution in [1.29, 1.82) is 0 Å². The quantitative estimate of drug-likeness (QED) is 0.516. The molecule has 1 rings (SSSR count). The lowest BCUT2D eigenvalue weighted by atomic mass is 10.2. The zero-order valence-electron chi connectivity index (χ0n) is 11.0. The SMILES string of the molecule is CCCC[Si]1(CCCC)CCCCCC1. The molecule has 0 unspecified atom stereocenters. The summed E-state index contributed by atoms with van der Waals surface area (Å²) in [6.45, 7) is 4.72. The van der Waals surface area contributed by atoms with Crippen molar-refractivity contribution in [3.05, 3.63) is 0 Å². The third-order valence-corrected chi connectivity index (χ3v) is 9.94. The fourth-order valence-corrected chi connectivity index (χ4v) is 8.91. The molecular formula is C14H30Si. The summed E-state index contributed by atoms with van der Waals surface area (Å²) in [5.41, 5.74) is 0. The van der Waals surface area contributed by atoms with Crippen LogP contribution in [0.2, 0.25) is 24.2 Å². The molecule has 0 N–H and O–H groups in total. The Hall–Kier alpha value is 0.217. The fourth-order valence-electron chi connectivity index (χ4n) is 3.21. The van der Waals surface area contributed by atoms with Crippen molar-refractivity contribution in [2.45, 2.75) is 89.4 Å². The number of hydrogen-bond acceptors (Lipinski definition) is 0. The van der Waals surface area contributed by atoms with Gasteiger partial charge in [-0.25, -0.2) is 0 Å². The van der Waals surface area contributed by atoms with E-state index in [-0.39, 0.29) is 0 Å². The molecule has 1 aliphatic heterocycles. The second-order valence-electron chi connectivity index (χ2n) is 5.62. The lowest BCUT2D eigenvalue weighted by Gasteiger charge is -2.30. The van der Waals surface area contributed by atoms with E-state index in [0.29, 0.717) is 0 Å². The van der Waals surface area contributed by atoms with Crippen LogP contribution in [0.5, 0.6) is 0 Å². The van der Waals surface area contributed by atoms with E-state index in [1.165, 1.54) is 38.5 Å². The number of rotatable bonds is 6. The van der Waals surface area contributed by atoms with Gasteiger partial charge in [0.2, 0.25) is 0 Å². The standard InChI is InChI=1S/C14H30Si/c1-3-5-11-15(12-6-4-2)13-9-7-8-10-14-15/h3-14H2,1-2H3. The van der Waals surface area contributed by atoms with Gasteiger partial charge in [0, 0.05) is 0 Å². The molecule has 0 aliphatic carbocycles. The maximum absolute atomic E-state index is 2.36. The summed E-state index contributed by atoms with van der Waals surface area (Å²) in [5.74, 6) is 0. The van der Waals surface area contributed by atoms with E-state index in [1.54, 1.807) is 37.0 Å². The van der Waals surface area contributed by atoms with Gasteiger partial charge in [0.25, 0.3) is 0 Å². The topological polar surface area (TPSA) is 0 Å². The van der Waals surface area contributed by atoms with Crippen LogP contribution in [0.1, 0.15) is 65.2 Å². The Balaban J connectivity index is 2.47. The summed E-state index contributed by atoms with van der Waals surface area (Å²) >= 11 is 0. The van der Waals surface area contributed by atoms with Gasteiger partial charge in [0.05, 0.1) is 8.07 Å². The summed E-state index contributed by atoms with van der Waals surface area (Å²) in [7, 11) is -0.775. The Labute approximate surface area is 97.9 Å². The molecule has 0 spiro atoms. The molecule has 1 fully saturated rings. The first-order chi connectivity index (χ1) is 7.33. The normalized spacial score (nSPS) is 21.2. The Morgan fingerprint density at radius 1 is 0.733 bits per heavy atom. The van der Waals surface area contributed by atoms with Crippen molar-refractivity contribution in [1.82, 2.24) is 0 Å². The smallest absolute Gasteiger partial charge is 0.0535 e. The van der Waals surface area contributed by atoms with Crippen LogP contribution >= 0.6 is 0 Å². The highest BCUT2D eigenvalue weighted by Crippen LogP contribution is 2.36. The van der Waals surface area contributed by atoms with Gasteiger partial charge in [-0.1, -0.05) is 89.4 Å². The van der Waals surface area contributed by atoms with Gasteiger partial charge in [0.15, 0.2) is 0 Å². The van der Waals surface area contributed by atoms with Crippen molar-refractivity contribution >= 4 is 8.07 Å². The van der Waals surface area contributed by atoms with E-state index < -0.39 is 8.07 Å². The fraction of sp³-hybridized carbons (Fsp3) is 1.00. The van der Waals surface area contributed by atoms with Crippen molar-refractivity contribution in [3.63, 3.8) is 0 Å². The minimum Gasteiger partial charge on any atom is -0.0654 e. The van der Waals surface area contributed by atoms with Crippen LogP contribution in [0, 0.1) is 0 Å². The summed E-state index contributed by atoms with van der Waals surface area (Å²) in [5, 5.41) is 0. The van der Waals surface area contributed by atoms with Gasteiger partial charge in [-0.3, -0.25) is 0 Å². The molecule has 1 heterocycles. The van der Waals surface area contributed by atoms with Crippen LogP contribution in [-0.2, 0) is 0 Å². The Morgan fingerprint density at radius 3 is 1.60 bits per heavy atom. The minimum atomic E-state index is -0.775. The largest absolute Gasteiger partial charge is 0.0654 e. The Kier molecular flexibility index (Phi) is 6.63. The van der Waals surface area contributed by atoms with Crippen LogP contribution in [0.25, 0.3) is 0 Å². The summed E-state index contributed by atoms with van der Waals surface area (Å²) in [4.78, 5) is 0. The van der Waals surface area contributed by atoms with Crippen LogP contribution in [0.15, 0.2) is 0 Å². The second-order valence-corrected chi connectivity index (χ2v) is 10.6. The highest BCUT2D eigenvalue weighted by molar-refractivity contribution is 6.79. The molecule has 0 aromatic heterocycles. The van der Waals surface area contributed by atoms with Crippen LogP contribution in [-0.4, -0.2) is 8.07 Å². The average Bonchev–Trinajstić information content (AvgIpc) is 2.50. The van der Waals surface area contributed by atoms with Gasteiger partial charge in [0.1, 0.15) is 0 Å². The monoisotopic (exact) mass is 226 g/mol. The molecule has 0 saturated carbocycles. The second kappa shape index (κ2) is 7.48. The third kappa shape index (κ3) is 4.71. The molecule has 1 saturated heterocycles. The van der Waals surface area contributed by atoms with Crippen molar-refractivity contribution < 1.29 is 0 Å². The molecule has 0 radical (unpaired) electrons. The van der Waals surface area contributed by atoms with Crippen LogP contribution in [0.4, 0.5) is 0 Å². The molecule has 0 nitrogen and oxygen atoms in total. The number of hydrogen-bond donors (Lipinski definition) is 0. The van der Waals surface area contributed by atoms with E-state index in [4.69, 9.17) is 0 Å². The Bertz CT molecular complexity index is 135. The first-order valence-corrected chi connectivity index (χ1v) is 10.2. The van der Waals surface area contributed by atoms with E-state index in [9.17, 15) is 0 Å². The van der Waals surface area contributed by atoms with E-state index >= 15 is 0 Å². The van der Waals surface area contributed by atoms with Crippen molar-refractivity contribution in [3.8, 4) is 0 Å². The molecule has 1 heteroatoms. The first-order valence-electron chi connectivity index (χ1n) is 7.33. The molecule has 0 aromatic rings. The molecule has 0 bridgehead atoms. The third-order valence-electron chi connectivity index (χ3n) is 4.29. The van der Waals surface area contributed by atoms with E-state index in [0.717, 1.165) is 0 Å². The molecular weight excluding hydrogens is 196 g/mol. The zero-order valence-corrected chi connectivity index (χ0v) is 12.0. The Morgan fingerprint density at radius 2 is 1.20 bits per heavy atom. The average molecular weight is 226 g/mol. The minimum absolute atomic E-state index is 0.775. The van der Waals surface area contributed by atoms with E-state index in [2.05, 4.69) is 13.8 Å². The van der Waals surface area contributed by atoms with Gasteiger partial charge >= 0.3 is 0 Å². The molecule has 0 atom stereocenters. The first kappa shape index (κ1) is 13.3. The van der Waals surface area contributed by atoms with E-state index in [1.807, 2.05) is 0 Å². The van der Waals surface area contributed by atoms with Gasteiger partial charge in [-0.2, -0.15) is 0 Å². The molecule has 15 heavy (non-hydrogen) atoms. The predicted molar refractivity (Wildman–Crippen MR) is 73.3 cm³/mol. The predicted octanol–water partition coefficient (Wildman–Crippen LogP) is 5.61. The lowest BCUT2D eigenvalue weighted by molar-refractivity contribution is 0.720. The van der Waals surface area contributed by atoms with Crippen LogP contribution in [0.3, 0.4) is 0 Å². The van der Waals surface area contributed by atoms with Crippen molar-refractivity contribution in [2.24, 2.45) is 0 Å².